The molecule has 0 N–H and O–H groups in total. The minimum atomic E-state index is 0.649. The van der Waals surface area contributed by atoms with Crippen molar-refractivity contribution in [1.82, 2.24) is 62.3 Å². The van der Waals surface area contributed by atoms with E-state index >= 15 is 0 Å². The van der Waals surface area contributed by atoms with Gasteiger partial charge in [-0.25, -0.2) is 29.9 Å². The second-order valence-corrected chi connectivity index (χ2v) is 35.6. The molecule has 0 amide bonds. The minimum Gasteiger partial charge on any atom is -0.316 e. The van der Waals surface area contributed by atoms with Gasteiger partial charge in [-0.05, 0) is 183 Å². The van der Waals surface area contributed by atoms with E-state index in [9.17, 15) is 0 Å². The fourth-order valence-corrected chi connectivity index (χ4v) is 21.0. The average Bonchev–Trinajstić information content (AvgIpc) is 1.57. The highest BCUT2D eigenvalue weighted by Crippen LogP contribution is 2.45. The molecule has 0 radical (unpaired) electrons. The van der Waals surface area contributed by atoms with E-state index in [1.165, 1.54) is 109 Å². The Bertz CT molecular complexity index is 9930. The summed E-state index contributed by atoms with van der Waals surface area (Å²) in [4.78, 5) is 36.1. The van der Waals surface area contributed by atoms with Gasteiger partial charge in [-0.2, -0.15) is 0 Å². The molecule has 13 nitrogen and oxygen atoms in total. The maximum absolute atomic E-state index is 5.38. The van der Waals surface area contributed by atoms with Crippen LogP contribution < -0.4 is 0 Å². The van der Waals surface area contributed by atoms with Gasteiger partial charge in [-0.1, -0.05) is 328 Å². The molecule has 0 aliphatic heterocycles. The van der Waals surface area contributed by atoms with Crippen molar-refractivity contribution in [2.75, 3.05) is 0 Å². The lowest BCUT2D eigenvalue weighted by molar-refractivity contribution is 1.01. The molecular weight excluding hydrogens is 1710 g/mol. The van der Waals surface area contributed by atoms with Gasteiger partial charge in [0.25, 0.3) is 0 Å². The lowest BCUT2D eigenvalue weighted by atomic mass is 9.98. The van der Waals surface area contributed by atoms with Crippen molar-refractivity contribution >= 4 is 152 Å². The maximum atomic E-state index is 5.38. The summed E-state index contributed by atoms with van der Waals surface area (Å²) >= 11 is 0. The second kappa shape index (κ2) is 33.5. The molecule has 0 atom stereocenters. The highest BCUT2D eigenvalue weighted by molar-refractivity contribution is 6.24. The summed E-state index contributed by atoms with van der Waals surface area (Å²) in [7, 11) is 0. The SMILES string of the molecule is c1ccc(-c2ccc3cc(-c4nc(-n5c6ccccc6c6c7c(ccc65)ccn7-c5ccccc5)nc5ccccc45)ccc3c2)cc1.c1ccc(-n2ccc3ccc4c(c5ccccc5n4-c4nc(-c5ccc(-c6ccc7ccccc7c6)cc5)c5ccccc5n4)c32)cc1.c1ccc(-n2ccc3ccc4c(c5ccccc5n4-c4nc(-c5ccc(-c6ccccn6)cc5)c5ccccc5n4)c32)cc1. The first kappa shape index (κ1) is 80.5. The average molecular weight is 1790 g/mol. The van der Waals surface area contributed by atoms with Crippen LogP contribution in [0.3, 0.4) is 0 Å². The van der Waals surface area contributed by atoms with Crippen LogP contribution in [0.1, 0.15) is 0 Å². The predicted octanol–water partition coefficient (Wildman–Crippen LogP) is 31.7. The van der Waals surface area contributed by atoms with Gasteiger partial charge in [-0.3, -0.25) is 18.7 Å². The topological polar surface area (TPSA) is 120 Å². The van der Waals surface area contributed by atoms with Crippen LogP contribution in [0.2, 0.25) is 0 Å². The van der Waals surface area contributed by atoms with Gasteiger partial charge in [-0.15, -0.1) is 0 Å². The van der Waals surface area contributed by atoms with Gasteiger partial charge >= 0.3 is 0 Å². The standard InChI is InChI=1S/2C44H28N4.C39H25N5/c1-3-11-29(12-4-1)31-19-20-33-28-34(22-21-32(33)27-31)42-36-15-7-9-17-38(36)45-44(46-42)48-39-18-10-8-16-37(39)41-40(48)24-23-30-25-26-47(43(30)41)35-13-5-2-6-14-35;1-2-12-35(13-3-1)47-27-26-32-24-25-40-41(43(32)47)37-15-7-9-17-39(37)48(40)44-45-38-16-8-6-14-36(38)42(46-44)31-21-18-30(19-22-31)34-23-20-29-10-4-5-11-33(29)28-34;1-2-10-29(11-3-1)43-25-23-28-21-22-35-36(38(28)43)31-13-5-7-16-34(31)44(35)39-41-33-15-6-4-12-30(33)37(42-39)27-19-17-26(18-20-27)32-14-8-9-24-40-32/h2*1-28H;1-25H. The Morgan fingerprint density at radius 2 is 0.464 bits per heavy atom. The molecule has 0 unspecified atom stereocenters. The van der Waals surface area contributed by atoms with E-state index in [0.29, 0.717) is 17.8 Å². The molecule has 0 aliphatic rings. The summed E-state index contributed by atoms with van der Waals surface area (Å²) in [5.41, 5.74) is 28.8. The summed E-state index contributed by atoms with van der Waals surface area (Å²) in [6, 6.07) is 164. The lowest BCUT2D eigenvalue weighted by Crippen LogP contribution is -2.03. The predicted molar refractivity (Wildman–Crippen MR) is 578 cm³/mol. The van der Waals surface area contributed by atoms with Gasteiger partial charge in [0.1, 0.15) is 0 Å². The number of pyridine rings is 1. The molecule has 10 aromatic heterocycles. The van der Waals surface area contributed by atoms with Crippen LogP contribution in [0.5, 0.6) is 0 Å². The van der Waals surface area contributed by atoms with E-state index in [0.717, 1.165) is 128 Å². The molecule has 0 spiro atoms. The van der Waals surface area contributed by atoms with Crippen molar-refractivity contribution in [3.05, 3.63) is 492 Å². The molecule has 19 aromatic carbocycles. The molecule has 0 saturated carbocycles. The second-order valence-electron chi connectivity index (χ2n) is 35.6. The smallest absolute Gasteiger partial charge is 0.235 e. The Kier molecular flexibility index (Phi) is 19.3. The number of fused-ring (bicyclic) bond motifs is 20. The van der Waals surface area contributed by atoms with Crippen LogP contribution in [-0.2, 0) is 0 Å². The first-order valence-corrected chi connectivity index (χ1v) is 47.2. The van der Waals surface area contributed by atoms with Crippen molar-refractivity contribution in [2.24, 2.45) is 0 Å². The maximum Gasteiger partial charge on any atom is 0.235 e. The number of rotatable bonds is 12. The quantitative estimate of drug-likeness (QED) is 0.119. The van der Waals surface area contributed by atoms with Crippen molar-refractivity contribution in [3.8, 4) is 102 Å². The molecule has 0 fully saturated rings. The molecule has 0 saturated heterocycles. The van der Waals surface area contributed by atoms with Crippen LogP contribution in [0.25, 0.3) is 255 Å². The summed E-state index contributed by atoms with van der Waals surface area (Å²) in [6.45, 7) is 0. The van der Waals surface area contributed by atoms with Crippen molar-refractivity contribution in [1.29, 1.82) is 0 Å². The number of aromatic nitrogens is 13. The molecule has 140 heavy (non-hydrogen) atoms. The highest BCUT2D eigenvalue weighted by atomic mass is 15.2. The third-order valence-electron chi connectivity index (χ3n) is 27.5. The molecule has 13 heteroatoms. The van der Waals surface area contributed by atoms with E-state index < -0.39 is 0 Å². The Morgan fingerprint density at radius 3 is 0.871 bits per heavy atom. The largest absolute Gasteiger partial charge is 0.316 e. The molecule has 0 bridgehead atoms. The van der Waals surface area contributed by atoms with Gasteiger partial charge in [0.2, 0.25) is 17.8 Å². The van der Waals surface area contributed by atoms with Crippen molar-refractivity contribution in [3.63, 3.8) is 0 Å². The van der Waals surface area contributed by atoms with Gasteiger partial charge in [0.05, 0.1) is 89.0 Å². The molecule has 10 heterocycles. The zero-order valence-corrected chi connectivity index (χ0v) is 75.6. The van der Waals surface area contributed by atoms with E-state index in [2.05, 4.69) is 482 Å². The van der Waals surface area contributed by atoms with Crippen molar-refractivity contribution < 1.29 is 0 Å². The number of nitrogens with zero attached hydrogens (tertiary/aromatic N) is 13. The Balaban J connectivity index is 0.000000106. The fraction of sp³-hybridized carbons (Fsp3) is 0. The third-order valence-corrected chi connectivity index (χ3v) is 27.5. The van der Waals surface area contributed by atoms with E-state index in [4.69, 9.17) is 29.9 Å². The summed E-state index contributed by atoms with van der Waals surface area (Å²) in [5, 5.41) is 18.6. The summed E-state index contributed by atoms with van der Waals surface area (Å²) < 4.78 is 13.5. The van der Waals surface area contributed by atoms with Crippen LogP contribution in [0.4, 0.5) is 0 Å². The zero-order valence-electron chi connectivity index (χ0n) is 75.6. The number of hydrogen-bond donors (Lipinski definition) is 0. The lowest BCUT2D eigenvalue weighted by Gasteiger charge is -2.13. The van der Waals surface area contributed by atoms with Crippen molar-refractivity contribution in [2.45, 2.75) is 0 Å². The zero-order chi connectivity index (χ0) is 92.2. The molecule has 29 aromatic rings. The molecule has 0 aliphatic carbocycles. The Labute approximate surface area is 803 Å². The first-order chi connectivity index (χ1) is 69.4. The van der Waals surface area contributed by atoms with Gasteiger partial charge in [0, 0.05) is 129 Å². The molecule has 29 rings (SSSR count). The Hall–Kier alpha value is -19.1. The normalized spacial score (nSPS) is 11.7. The van der Waals surface area contributed by atoms with E-state index in [-0.39, 0.29) is 0 Å². The first-order valence-electron chi connectivity index (χ1n) is 47.2. The third kappa shape index (κ3) is 13.7. The van der Waals surface area contributed by atoms with Crippen LogP contribution in [-0.4, -0.2) is 62.3 Å². The minimum absolute atomic E-state index is 0.649. The van der Waals surface area contributed by atoms with Gasteiger partial charge < -0.3 is 13.7 Å². The molecule has 654 valence electrons. The number of para-hydroxylation sites is 9. The number of hydrogen-bond acceptors (Lipinski definition) is 7. The highest BCUT2D eigenvalue weighted by Gasteiger charge is 2.27. The van der Waals surface area contributed by atoms with Gasteiger partial charge in [0.15, 0.2) is 0 Å². The Morgan fingerprint density at radius 1 is 0.171 bits per heavy atom. The van der Waals surface area contributed by atoms with E-state index in [1.807, 2.05) is 42.6 Å². The van der Waals surface area contributed by atoms with Crippen LogP contribution in [0.15, 0.2) is 492 Å². The molecular formula is C127H81N13. The fourth-order valence-electron chi connectivity index (χ4n) is 21.0. The monoisotopic (exact) mass is 1790 g/mol. The summed E-state index contributed by atoms with van der Waals surface area (Å²) in [5.74, 6) is 1.97. The van der Waals surface area contributed by atoms with Crippen LogP contribution in [0, 0.1) is 0 Å². The van der Waals surface area contributed by atoms with Crippen LogP contribution >= 0.6 is 0 Å². The summed E-state index contributed by atoms with van der Waals surface area (Å²) in [6.07, 6.45) is 8.31. The van der Waals surface area contributed by atoms with E-state index in [1.54, 1.807) is 0 Å². The number of benzene rings is 19.